The number of amides is 1. The predicted molar refractivity (Wildman–Crippen MR) is 114 cm³/mol. The Hall–Kier alpha value is -1.33. The molecule has 0 spiro atoms. The molecule has 1 amide bonds. The summed E-state index contributed by atoms with van der Waals surface area (Å²) in [6.07, 6.45) is 3.23. The molecule has 4 rings (SSSR count). The summed E-state index contributed by atoms with van der Waals surface area (Å²) in [4.78, 5) is 18.7. The van der Waals surface area contributed by atoms with Crippen molar-refractivity contribution in [3.05, 3.63) is 33.9 Å². The van der Waals surface area contributed by atoms with E-state index in [2.05, 4.69) is 56.3 Å². The van der Waals surface area contributed by atoms with Crippen LogP contribution in [0, 0.1) is 5.41 Å². The van der Waals surface area contributed by atoms with E-state index < -0.39 is 0 Å². The molecule has 5 heteroatoms. The van der Waals surface area contributed by atoms with Crippen molar-refractivity contribution in [1.82, 2.24) is 15.2 Å². The molecule has 4 nitrogen and oxygen atoms in total. The smallest absolute Gasteiger partial charge is 0.225 e. The van der Waals surface area contributed by atoms with Crippen LogP contribution in [0.4, 0.5) is 0 Å². The average Bonchev–Trinajstić information content (AvgIpc) is 2.92. The molecule has 27 heavy (non-hydrogen) atoms. The van der Waals surface area contributed by atoms with Crippen LogP contribution in [0.25, 0.3) is 10.9 Å². The SMILES string of the molecule is CCCN1CC(NC(=O)C(C)(C)C)C[C@@H]2c3cccc4[nH]c(Br)c(c34)C[C@H]21. The Bertz CT molecular complexity index is 866. The maximum atomic E-state index is 12.6. The summed E-state index contributed by atoms with van der Waals surface area (Å²) in [5.41, 5.74) is 3.73. The molecule has 2 N–H and O–H groups in total. The highest BCUT2D eigenvalue weighted by Gasteiger charge is 2.42. The fraction of sp³-hybridized carbons (Fsp3) is 0.591. The number of halogens is 1. The molecule has 1 aliphatic carbocycles. The van der Waals surface area contributed by atoms with Crippen LogP contribution in [0.15, 0.2) is 22.8 Å². The zero-order valence-corrected chi connectivity index (χ0v) is 18.3. The first-order valence-corrected chi connectivity index (χ1v) is 10.9. The van der Waals surface area contributed by atoms with Gasteiger partial charge in [0.1, 0.15) is 0 Å². The van der Waals surface area contributed by atoms with E-state index in [1.165, 1.54) is 22.0 Å². The second-order valence-electron chi connectivity index (χ2n) is 9.22. The predicted octanol–water partition coefficient (Wildman–Crippen LogP) is 4.59. The number of hydrogen-bond donors (Lipinski definition) is 2. The van der Waals surface area contributed by atoms with Gasteiger partial charge in [0.15, 0.2) is 0 Å². The molecule has 3 atom stereocenters. The van der Waals surface area contributed by atoms with Gasteiger partial charge >= 0.3 is 0 Å². The first-order valence-electron chi connectivity index (χ1n) is 10.1. The zero-order chi connectivity index (χ0) is 19.3. The van der Waals surface area contributed by atoms with Gasteiger partial charge in [-0.2, -0.15) is 0 Å². The zero-order valence-electron chi connectivity index (χ0n) is 16.7. The molecule has 1 fully saturated rings. The summed E-state index contributed by atoms with van der Waals surface area (Å²) < 4.78 is 1.13. The van der Waals surface area contributed by atoms with Gasteiger partial charge in [-0.05, 0) is 58.9 Å². The number of carbonyl (C=O) groups excluding carboxylic acids is 1. The number of piperidine rings is 1. The van der Waals surface area contributed by atoms with E-state index >= 15 is 0 Å². The van der Waals surface area contributed by atoms with E-state index in [4.69, 9.17) is 0 Å². The second kappa shape index (κ2) is 6.93. The van der Waals surface area contributed by atoms with Gasteiger partial charge in [0.25, 0.3) is 0 Å². The van der Waals surface area contributed by atoms with Crippen molar-refractivity contribution in [3.63, 3.8) is 0 Å². The highest BCUT2D eigenvalue weighted by Crippen LogP contribution is 2.45. The molecule has 146 valence electrons. The van der Waals surface area contributed by atoms with Crippen molar-refractivity contribution in [1.29, 1.82) is 0 Å². The van der Waals surface area contributed by atoms with Crippen LogP contribution in [0.2, 0.25) is 0 Å². The van der Waals surface area contributed by atoms with Crippen molar-refractivity contribution in [2.75, 3.05) is 13.1 Å². The van der Waals surface area contributed by atoms with Crippen LogP contribution < -0.4 is 5.32 Å². The van der Waals surface area contributed by atoms with Crippen molar-refractivity contribution in [2.45, 2.75) is 65.0 Å². The molecule has 1 aliphatic heterocycles. The molecule has 2 heterocycles. The molecule has 0 radical (unpaired) electrons. The molecule has 1 aromatic heterocycles. The van der Waals surface area contributed by atoms with Gasteiger partial charge in [0, 0.05) is 40.9 Å². The molecule has 2 aliphatic rings. The van der Waals surface area contributed by atoms with Crippen molar-refractivity contribution in [3.8, 4) is 0 Å². The van der Waals surface area contributed by atoms with Gasteiger partial charge in [-0.3, -0.25) is 9.69 Å². The fourth-order valence-corrected chi connectivity index (χ4v) is 5.47. The molecular weight excluding hydrogens is 402 g/mol. The summed E-state index contributed by atoms with van der Waals surface area (Å²) in [6.45, 7) is 10.2. The van der Waals surface area contributed by atoms with E-state index in [0.717, 1.165) is 37.0 Å². The number of aromatic amines is 1. The number of nitrogens with one attached hydrogen (secondary N) is 2. The minimum atomic E-state index is -0.350. The minimum Gasteiger partial charge on any atom is -0.352 e. The number of benzene rings is 1. The maximum absolute atomic E-state index is 12.6. The van der Waals surface area contributed by atoms with E-state index in [0.29, 0.717) is 12.0 Å². The Morgan fingerprint density at radius 2 is 2.15 bits per heavy atom. The Morgan fingerprint density at radius 3 is 2.85 bits per heavy atom. The number of aromatic nitrogens is 1. The molecular formula is C22H30BrN3O. The largest absolute Gasteiger partial charge is 0.352 e. The lowest BCUT2D eigenvalue weighted by Gasteiger charge is -2.47. The number of H-pyrrole nitrogens is 1. The van der Waals surface area contributed by atoms with Crippen LogP contribution >= 0.6 is 15.9 Å². The lowest BCUT2D eigenvalue weighted by molar-refractivity contribution is -0.129. The van der Waals surface area contributed by atoms with E-state index in [-0.39, 0.29) is 17.4 Å². The summed E-state index contributed by atoms with van der Waals surface area (Å²) >= 11 is 3.75. The summed E-state index contributed by atoms with van der Waals surface area (Å²) in [5, 5.41) is 4.74. The molecule has 2 aromatic rings. The van der Waals surface area contributed by atoms with Gasteiger partial charge in [-0.15, -0.1) is 0 Å². The topological polar surface area (TPSA) is 48.1 Å². The Balaban J connectivity index is 1.70. The van der Waals surface area contributed by atoms with E-state index in [1.807, 2.05) is 20.8 Å². The summed E-state index contributed by atoms with van der Waals surface area (Å²) in [5.74, 6) is 0.621. The number of rotatable bonds is 3. The van der Waals surface area contributed by atoms with Gasteiger partial charge in [0.2, 0.25) is 5.91 Å². The Morgan fingerprint density at radius 1 is 1.37 bits per heavy atom. The lowest BCUT2D eigenvalue weighted by Crippen LogP contribution is -2.57. The van der Waals surface area contributed by atoms with Crippen molar-refractivity contribution >= 4 is 32.7 Å². The summed E-state index contributed by atoms with van der Waals surface area (Å²) in [7, 11) is 0. The Labute approximate surface area is 170 Å². The molecule has 1 aromatic carbocycles. The van der Waals surface area contributed by atoms with Crippen LogP contribution in [-0.4, -0.2) is 41.0 Å². The lowest BCUT2D eigenvalue weighted by atomic mass is 9.73. The summed E-state index contributed by atoms with van der Waals surface area (Å²) in [6, 6.07) is 7.34. The quantitative estimate of drug-likeness (QED) is 0.746. The standard InChI is InChI=1S/C22H30BrN3O/c1-5-9-26-12-13(24-21(27)22(2,3)4)10-15-14-7-6-8-17-19(14)16(11-18(15)26)20(23)25-17/h6-8,13,15,18,25H,5,9-12H2,1-4H3,(H,24,27)/t13?,15-,18-/m1/s1. The second-order valence-corrected chi connectivity index (χ2v) is 10.0. The third-order valence-electron chi connectivity index (χ3n) is 6.17. The van der Waals surface area contributed by atoms with Gasteiger partial charge in [-0.25, -0.2) is 0 Å². The normalized spacial score (nSPS) is 25.4. The van der Waals surface area contributed by atoms with Gasteiger partial charge in [-0.1, -0.05) is 39.8 Å². The minimum absolute atomic E-state index is 0.154. The average molecular weight is 432 g/mol. The maximum Gasteiger partial charge on any atom is 0.225 e. The number of likely N-dealkylation sites (tertiary alicyclic amines) is 1. The van der Waals surface area contributed by atoms with Crippen molar-refractivity contribution in [2.24, 2.45) is 5.41 Å². The molecule has 1 unspecified atom stereocenters. The molecule has 0 bridgehead atoms. The molecule has 0 saturated carbocycles. The highest BCUT2D eigenvalue weighted by atomic mass is 79.9. The van der Waals surface area contributed by atoms with Gasteiger partial charge in [0.05, 0.1) is 4.60 Å². The first kappa shape index (κ1) is 19.0. The fourth-order valence-electron chi connectivity index (χ4n) is 4.89. The van der Waals surface area contributed by atoms with Crippen molar-refractivity contribution < 1.29 is 4.79 Å². The third-order valence-corrected chi connectivity index (χ3v) is 6.85. The number of hydrogen-bond acceptors (Lipinski definition) is 2. The molecule has 1 saturated heterocycles. The van der Waals surface area contributed by atoms with Crippen LogP contribution in [0.5, 0.6) is 0 Å². The van der Waals surface area contributed by atoms with Gasteiger partial charge < -0.3 is 10.3 Å². The van der Waals surface area contributed by atoms with E-state index in [9.17, 15) is 4.79 Å². The number of fused-ring (bicyclic) bond motifs is 2. The number of carbonyl (C=O) groups is 1. The van der Waals surface area contributed by atoms with Crippen LogP contribution in [-0.2, 0) is 11.2 Å². The van der Waals surface area contributed by atoms with E-state index in [1.54, 1.807) is 0 Å². The first-order chi connectivity index (χ1) is 12.8. The third kappa shape index (κ3) is 3.33. The monoisotopic (exact) mass is 431 g/mol. The number of nitrogens with zero attached hydrogens (tertiary/aromatic N) is 1. The van der Waals surface area contributed by atoms with Crippen LogP contribution in [0.1, 0.15) is 57.6 Å². The van der Waals surface area contributed by atoms with Crippen LogP contribution in [0.3, 0.4) is 0 Å². The highest BCUT2D eigenvalue weighted by molar-refractivity contribution is 9.10. The Kier molecular flexibility index (Phi) is 4.88.